The number of nitrogens with zero attached hydrogens (tertiary/aromatic N) is 1. The fourth-order valence-electron chi connectivity index (χ4n) is 2.68. The summed E-state index contributed by atoms with van der Waals surface area (Å²) in [6.45, 7) is 0.799. The van der Waals surface area contributed by atoms with E-state index in [1.165, 1.54) is 6.92 Å². The number of aliphatic hydroxyl groups excluding tert-OH is 2. The number of nitrogens with one attached hydrogen (secondary N) is 1. The first-order valence-electron chi connectivity index (χ1n) is 7.92. The molecule has 1 aromatic carbocycles. The van der Waals surface area contributed by atoms with E-state index in [-0.39, 0.29) is 19.1 Å². The third kappa shape index (κ3) is 5.22. The normalized spacial score (nSPS) is 29.0. The van der Waals surface area contributed by atoms with E-state index in [0.29, 0.717) is 0 Å². The number of nitriles is 1. The van der Waals surface area contributed by atoms with E-state index in [9.17, 15) is 15.0 Å². The van der Waals surface area contributed by atoms with Crippen LogP contribution in [0.1, 0.15) is 12.5 Å². The zero-order valence-electron chi connectivity index (χ0n) is 13.9. The van der Waals surface area contributed by atoms with Crippen LogP contribution >= 0.6 is 0 Å². The molecule has 1 heterocycles. The van der Waals surface area contributed by atoms with Gasteiger partial charge in [-0.25, -0.2) is 0 Å². The van der Waals surface area contributed by atoms with Gasteiger partial charge in [0.05, 0.1) is 19.3 Å². The lowest BCUT2D eigenvalue weighted by Gasteiger charge is -2.43. The van der Waals surface area contributed by atoms with Crippen molar-refractivity contribution in [1.82, 2.24) is 5.32 Å². The average Bonchev–Trinajstić information content (AvgIpc) is 2.61. The van der Waals surface area contributed by atoms with Gasteiger partial charge in [0.2, 0.25) is 5.91 Å². The first kappa shape index (κ1) is 19.3. The standard InChI is InChI=1S/C17H22N2O6/c1-11(21)19-14-16(23-8-7-18)15(22)13(9-20)25-17(14)24-10-12-5-3-2-4-6-12/h2-6,13-17,20,22H,8-10H2,1H3,(H,19,21)/t13-,14+,15-,16+,17-/m1/s1. The summed E-state index contributed by atoms with van der Waals surface area (Å²) in [6.07, 6.45) is -4.06. The average molecular weight is 350 g/mol. The maximum Gasteiger partial charge on any atom is 0.217 e. The molecule has 0 aliphatic carbocycles. The highest BCUT2D eigenvalue weighted by Crippen LogP contribution is 2.25. The van der Waals surface area contributed by atoms with Crippen molar-refractivity contribution < 1.29 is 29.2 Å². The van der Waals surface area contributed by atoms with Crippen molar-refractivity contribution in [2.24, 2.45) is 0 Å². The minimum atomic E-state index is -1.22. The summed E-state index contributed by atoms with van der Waals surface area (Å²) in [7, 11) is 0. The van der Waals surface area contributed by atoms with Gasteiger partial charge in [-0.2, -0.15) is 5.26 Å². The smallest absolute Gasteiger partial charge is 0.217 e. The molecule has 0 spiro atoms. The SMILES string of the molecule is CC(=O)N[C@@H]1[C@H](OCc2ccccc2)O[C@H](CO)[C@@H](O)[C@H]1OCC#N. The second-order valence-corrected chi connectivity index (χ2v) is 5.67. The molecular weight excluding hydrogens is 328 g/mol. The van der Waals surface area contributed by atoms with Crippen LogP contribution in [-0.4, -0.2) is 60.0 Å². The van der Waals surface area contributed by atoms with Crippen LogP contribution in [0.25, 0.3) is 0 Å². The van der Waals surface area contributed by atoms with Crippen LogP contribution < -0.4 is 5.32 Å². The minimum Gasteiger partial charge on any atom is -0.394 e. The molecule has 8 heteroatoms. The molecule has 3 N–H and O–H groups in total. The van der Waals surface area contributed by atoms with E-state index in [1.54, 1.807) is 0 Å². The molecule has 136 valence electrons. The van der Waals surface area contributed by atoms with Gasteiger partial charge < -0.3 is 29.7 Å². The second-order valence-electron chi connectivity index (χ2n) is 5.67. The lowest BCUT2D eigenvalue weighted by Crippen LogP contribution is -2.65. The Kier molecular flexibility index (Phi) is 7.31. The van der Waals surface area contributed by atoms with E-state index in [2.05, 4.69) is 5.32 Å². The number of aliphatic hydroxyl groups is 2. The molecule has 0 saturated carbocycles. The first-order valence-corrected chi connectivity index (χ1v) is 7.92. The van der Waals surface area contributed by atoms with Gasteiger partial charge in [0.25, 0.3) is 0 Å². The van der Waals surface area contributed by atoms with Gasteiger partial charge in [0.1, 0.15) is 31.0 Å². The third-order valence-corrected chi connectivity index (χ3v) is 3.82. The minimum absolute atomic E-state index is 0.209. The van der Waals surface area contributed by atoms with Crippen LogP contribution in [-0.2, 0) is 25.6 Å². The molecule has 0 bridgehead atoms. The molecule has 0 unspecified atom stereocenters. The number of hydrogen-bond acceptors (Lipinski definition) is 7. The number of amides is 1. The molecular formula is C17H22N2O6. The van der Waals surface area contributed by atoms with Gasteiger partial charge in [-0.05, 0) is 5.56 Å². The molecule has 1 saturated heterocycles. The second kappa shape index (κ2) is 9.46. The summed E-state index contributed by atoms with van der Waals surface area (Å²) in [6, 6.07) is 10.4. The van der Waals surface area contributed by atoms with Crippen molar-refractivity contribution in [1.29, 1.82) is 5.26 Å². The highest BCUT2D eigenvalue weighted by Gasteiger charge is 2.46. The molecule has 25 heavy (non-hydrogen) atoms. The van der Waals surface area contributed by atoms with E-state index < -0.39 is 37.3 Å². The highest BCUT2D eigenvalue weighted by atomic mass is 16.7. The van der Waals surface area contributed by atoms with Crippen LogP contribution in [0.3, 0.4) is 0 Å². The monoisotopic (exact) mass is 350 g/mol. The van der Waals surface area contributed by atoms with E-state index >= 15 is 0 Å². The molecule has 5 atom stereocenters. The lowest BCUT2D eigenvalue weighted by molar-refractivity contribution is -0.278. The Hall–Kier alpha value is -2.02. The van der Waals surface area contributed by atoms with E-state index in [1.807, 2.05) is 36.4 Å². The molecule has 1 fully saturated rings. The van der Waals surface area contributed by atoms with Gasteiger partial charge in [-0.1, -0.05) is 30.3 Å². The number of benzene rings is 1. The Balaban J connectivity index is 2.16. The quantitative estimate of drug-likeness (QED) is 0.617. The number of carbonyl (C=O) groups is 1. The molecule has 0 aromatic heterocycles. The summed E-state index contributed by atoms with van der Waals surface area (Å²) in [4.78, 5) is 11.5. The number of hydrogen-bond donors (Lipinski definition) is 3. The fraction of sp³-hybridized carbons (Fsp3) is 0.529. The van der Waals surface area contributed by atoms with E-state index in [4.69, 9.17) is 19.5 Å². The van der Waals surface area contributed by atoms with Crippen LogP contribution in [0, 0.1) is 11.3 Å². The summed E-state index contributed by atoms with van der Waals surface area (Å²) >= 11 is 0. The van der Waals surface area contributed by atoms with Crippen molar-refractivity contribution in [3.8, 4) is 6.07 Å². The predicted octanol–water partition coefficient (Wildman–Crippen LogP) is -0.305. The number of carbonyl (C=O) groups excluding carboxylic acids is 1. The zero-order valence-corrected chi connectivity index (χ0v) is 13.9. The summed E-state index contributed by atoms with van der Waals surface area (Å²) in [5.41, 5.74) is 0.897. The van der Waals surface area contributed by atoms with Gasteiger partial charge in [0, 0.05) is 6.92 Å². The molecule has 1 amide bonds. The molecule has 1 aromatic rings. The molecule has 1 aliphatic heterocycles. The first-order chi connectivity index (χ1) is 12.1. The van der Waals surface area contributed by atoms with Crippen molar-refractivity contribution >= 4 is 5.91 Å². The Labute approximate surface area is 145 Å². The molecule has 8 nitrogen and oxygen atoms in total. The Morgan fingerprint density at radius 3 is 2.68 bits per heavy atom. The van der Waals surface area contributed by atoms with Crippen molar-refractivity contribution in [2.75, 3.05) is 13.2 Å². The number of ether oxygens (including phenoxy) is 3. The lowest BCUT2D eigenvalue weighted by atomic mass is 9.96. The van der Waals surface area contributed by atoms with Gasteiger partial charge in [-0.3, -0.25) is 4.79 Å². The van der Waals surface area contributed by atoms with Crippen LogP contribution in [0.4, 0.5) is 0 Å². The number of rotatable bonds is 7. The van der Waals surface area contributed by atoms with Gasteiger partial charge in [0.15, 0.2) is 6.29 Å². The highest BCUT2D eigenvalue weighted by molar-refractivity contribution is 5.73. The van der Waals surface area contributed by atoms with Gasteiger partial charge >= 0.3 is 0 Å². The Morgan fingerprint density at radius 2 is 2.08 bits per heavy atom. The third-order valence-electron chi connectivity index (χ3n) is 3.82. The largest absolute Gasteiger partial charge is 0.394 e. The van der Waals surface area contributed by atoms with Crippen LogP contribution in [0.5, 0.6) is 0 Å². The topological polar surface area (TPSA) is 121 Å². The fourth-order valence-corrected chi connectivity index (χ4v) is 2.68. The van der Waals surface area contributed by atoms with Crippen molar-refractivity contribution in [3.63, 3.8) is 0 Å². The Morgan fingerprint density at radius 1 is 1.36 bits per heavy atom. The predicted molar refractivity (Wildman–Crippen MR) is 85.9 cm³/mol. The van der Waals surface area contributed by atoms with Crippen molar-refractivity contribution in [3.05, 3.63) is 35.9 Å². The van der Waals surface area contributed by atoms with Crippen LogP contribution in [0.15, 0.2) is 30.3 Å². The maximum atomic E-state index is 11.5. The van der Waals surface area contributed by atoms with E-state index in [0.717, 1.165) is 5.56 Å². The Bertz CT molecular complexity index is 591. The van der Waals surface area contributed by atoms with Gasteiger partial charge in [-0.15, -0.1) is 0 Å². The molecule has 1 aliphatic rings. The van der Waals surface area contributed by atoms with Crippen molar-refractivity contribution in [2.45, 2.75) is 44.2 Å². The summed E-state index contributed by atoms with van der Waals surface area (Å²) in [5.74, 6) is -0.359. The maximum absolute atomic E-state index is 11.5. The molecule has 2 rings (SSSR count). The summed E-state index contributed by atoms with van der Waals surface area (Å²) < 4.78 is 16.7. The summed E-state index contributed by atoms with van der Waals surface area (Å²) in [5, 5.41) is 31.1. The zero-order chi connectivity index (χ0) is 18.2. The molecule has 0 radical (unpaired) electrons. The van der Waals surface area contributed by atoms with Crippen LogP contribution in [0.2, 0.25) is 0 Å².